The molecule has 0 heterocycles. The average Bonchev–Trinajstić information content (AvgIpc) is 1.88. The average molecular weight is 157 g/mol. The molecule has 0 aromatic carbocycles. The molecule has 1 unspecified atom stereocenters. The Morgan fingerprint density at radius 1 is 1.36 bits per heavy atom. The summed E-state index contributed by atoms with van der Waals surface area (Å²) >= 11 is 0. The van der Waals surface area contributed by atoms with Crippen LogP contribution in [0.2, 0.25) is 0 Å². The van der Waals surface area contributed by atoms with Crippen LogP contribution in [0.1, 0.15) is 46.5 Å². The minimum Gasteiger partial charge on any atom is -0.393 e. The van der Waals surface area contributed by atoms with E-state index in [1.807, 2.05) is 6.92 Å². The zero-order chi connectivity index (χ0) is 8.91. The van der Waals surface area contributed by atoms with Crippen molar-refractivity contribution >= 4 is 0 Å². The van der Waals surface area contributed by atoms with Gasteiger partial charge in [-0.3, -0.25) is 0 Å². The number of unbranched alkanes of at least 4 members (excludes halogenated alkanes) is 2. The molecule has 0 bridgehead atoms. The van der Waals surface area contributed by atoms with Gasteiger partial charge in [-0.2, -0.15) is 0 Å². The van der Waals surface area contributed by atoms with Crippen LogP contribution in [0, 0.1) is 12.3 Å². The molecule has 0 saturated carbocycles. The van der Waals surface area contributed by atoms with Gasteiger partial charge < -0.3 is 5.11 Å². The summed E-state index contributed by atoms with van der Waals surface area (Å²) in [6.07, 6.45) is 4.26. The van der Waals surface area contributed by atoms with Crippen molar-refractivity contribution < 1.29 is 5.11 Å². The van der Waals surface area contributed by atoms with E-state index in [1.165, 1.54) is 12.8 Å². The van der Waals surface area contributed by atoms with E-state index >= 15 is 0 Å². The Kier molecular flexibility index (Phi) is 4.74. The van der Waals surface area contributed by atoms with Crippen molar-refractivity contribution in [3.8, 4) is 0 Å². The van der Waals surface area contributed by atoms with Gasteiger partial charge in [0.2, 0.25) is 0 Å². The fourth-order valence-corrected chi connectivity index (χ4v) is 0.966. The molecule has 1 heteroatoms. The lowest BCUT2D eigenvalue weighted by molar-refractivity contribution is 0.0579. The lowest BCUT2D eigenvalue weighted by Gasteiger charge is -2.27. The molecule has 0 aromatic heterocycles. The molecule has 0 aromatic rings. The summed E-state index contributed by atoms with van der Waals surface area (Å²) < 4.78 is 0. The van der Waals surface area contributed by atoms with Crippen LogP contribution in [-0.2, 0) is 0 Å². The fraction of sp³-hybridized carbons (Fsp3) is 0.900. The van der Waals surface area contributed by atoms with E-state index in [4.69, 9.17) is 0 Å². The maximum absolute atomic E-state index is 9.36. The predicted molar refractivity (Wildman–Crippen MR) is 49.3 cm³/mol. The number of aliphatic hydroxyl groups is 1. The van der Waals surface area contributed by atoms with Crippen molar-refractivity contribution in [2.45, 2.75) is 52.6 Å². The Labute approximate surface area is 70.8 Å². The molecule has 0 aliphatic rings. The highest BCUT2D eigenvalue weighted by molar-refractivity contribution is 4.73. The van der Waals surface area contributed by atoms with E-state index < -0.39 is 0 Å². The molecule has 11 heavy (non-hydrogen) atoms. The molecule has 0 amide bonds. The second-order valence-corrected chi connectivity index (χ2v) is 3.98. The normalized spacial score (nSPS) is 15.0. The highest BCUT2D eigenvalue weighted by atomic mass is 16.3. The summed E-state index contributed by atoms with van der Waals surface area (Å²) in [7, 11) is 0. The smallest absolute Gasteiger partial charge is 0.0563 e. The van der Waals surface area contributed by atoms with E-state index in [0.717, 1.165) is 12.8 Å². The first-order valence-corrected chi connectivity index (χ1v) is 4.48. The molecule has 1 radical (unpaired) electrons. The number of aliphatic hydroxyl groups excluding tert-OH is 1. The van der Waals surface area contributed by atoms with Crippen LogP contribution >= 0.6 is 0 Å². The summed E-state index contributed by atoms with van der Waals surface area (Å²) in [5.41, 5.74) is 0.0785. The lowest BCUT2D eigenvalue weighted by Crippen LogP contribution is -2.26. The van der Waals surface area contributed by atoms with Gasteiger partial charge in [0, 0.05) is 0 Å². The SMILES string of the molecule is [CH2]CCCCC(C)(C)C(C)O. The van der Waals surface area contributed by atoms with Crippen LogP contribution in [-0.4, -0.2) is 11.2 Å². The standard InChI is InChI=1S/C10H21O/c1-5-6-7-8-10(3,4)9(2)11/h9,11H,1,5-8H2,2-4H3. The van der Waals surface area contributed by atoms with Gasteiger partial charge >= 0.3 is 0 Å². The van der Waals surface area contributed by atoms with Gasteiger partial charge in [-0.1, -0.05) is 40.0 Å². The van der Waals surface area contributed by atoms with Gasteiger partial charge in [-0.25, -0.2) is 0 Å². The minimum atomic E-state index is -0.202. The molecule has 0 spiro atoms. The molecule has 0 rings (SSSR count). The molecular weight excluding hydrogens is 136 g/mol. The quantitative estimate of drug-likeness (QED) is 0.608. The molecule has 0 saturated heterocycles. The molecule has 0 fully saturated rings. The van der Waals surface area contributed by atoms with E-state index in [2.05, 4.69) is 20.8 Å². The highest BCUT2D eigenvalue weighted by Gasteiger charge is 2.22. The van der Waals surface area contributed by atoms with Gasteiger partial charge in [0.1, 0.15) is 0 Å². The van der Waals surface area contributed by atoms with Crippen molar-refractivity contribution in [2.75, 3.05) is 0 Å². The minimum absolute atomic E-state index is 0.0785. The second-order valence-electron chi connectivity index (χ2n) is 3.98. The van der Waals surface area contributed by atoms with Crippen molar-refractivity contribution in [3.05, 3.63) is 6.92 Å². The lowest BCUT2D eigenvalue weighted by atomic mass is 9.82. The molecule has 0 aliphatic carbocycles. The van der Waals surface area contributed by atoms with Crippen LogP contribution in [0.15, 0.2) is 0 Å². The van der Waals surface area contributed by atoms with Crippen LogP contribution in [0.5, 0.6) is 0 Å². The summed E-state index contributed by atoms with van der Waals surface area (Å²) in [5.74, 6) is 0. The topological polar surface area (TPSA) is 20.2 Å². The van der Waals surface area contributed by atoms with Gasteiger partial charge in [-0.05, 0) is 18.8 Å². The Balaban J connectivity index is 3.55. The van der Waals surface area contributed by atoms with Crippen LogP contribution in [0.25, 0.3) is 0 Å². The number of rotatable bonds is 5. The van der Waals surface area contributed by atoms with E-state index in [1.54, 1.807) is 0 Å². The third kappa shape index (κ3) is 4.41. The molecule has 0 aliphatic heterocycles. The van der Waals surface area contributed by atoms with Crippen LogP contribution in [0.3, 0.4) is 0 Å². The van der Waals surface area contributed by atoms with Crippen molar-refractivity contribution in [1.82, 2.24) is 0 Å². The molecule has 1 N–H and O–H groups in total. The largest absolute Gasteiger partial charge is 0.393 e. The number of hydrogen-bond donors (Lipinski definition) is 1. The first kappa shape index (κ1) is 11.0. The molecule has 1 atom stereocenters. The fourth-order valence-electron chi connectivity index (χ4n) is 0.966. The molecule has 67 valence electrons. The van der Waals surface area contributed by atoms with Crippen LogP contribution < -0.4 is 0 Å². The third-order valence-corrected chi connectivity index (χ3v) is 2.45. The summed E-state index contributed by atoms with van der Waals surface area (Å²) in [4.78, 5) is 0. The van der Waals surface area contributed by atoms with E-state index in [-0.39, 0.29) is 11.5 Å². The zero-order valence-corrected chi connectivity index (χ0v) is 8.06. The van der Waals surface area contributed by atoms with Crippen molar-refractivity contribution in [3.63, 3.8) is 0 Å². The summed E-state index contributed by atoms with van der Waals surface area (Å²) in [6, 6.07) is 0. The third-order valence-electron chi connectivity index (χ3n) is 2.45. The zero-order valence-electron chi connectivity index (χ0n) is 8.06. The Morgan fingerprint density at radius 3 is 2.27 bits per heavy atom. The van der Waals surface area contributed by atoms with Crippen molar-refractivity contribution in [2.24, 2.45) is 5.41 Å². The maximum Gasteiger partial charge on any atom is 0.0563 e. The summed E-state index contributed by atoms with van der Waals surface area (Å²) in [6.45, 7) is 9.88. The van der Waals surface area contributed by atoms with E-state index in [9.17, 15) is 5.11 Å². The molecule has 1 nitrogen and oxygen atoms in total. The van der Waals surface area contributed by atoms with Crippen molar-refractivity contribution in [1.29, 1.82) is 0 Å². The van der Waals surface area contributed by atoms with E-state index in [0.29, 0.717) is 0 Å². The van der Waals surface area contributed by atoms with Gasteiger partial charge in [0.25, 0.3) is 0 Å². The van der Waals surface area contributed by atoms with Crippen LogP contribution in [0.4, 0.5) is 0 Å². The number of hydrogen-bond acceptors (Lipinski definition) is 1. The van der Waals surface area contributed by atoms with Gasteiger partial charge in [0.05, 0.1) is 6.10 Å². The molecular formula is C10H21O. The van der Waals surface area contributed by atoms with Gasteiger partial charge in [-0.15, -0.1) is 0 Å². The Bertz CT molecular complexity index is 95.0. The second kappa shape index (κ2) is 4.76. The maximum atomic E-state index is 9.36. The highest BCUT2D eigenvalue weighted by Crippen LogP contribution is 2.27. The first-order valence-electron chi connectivity index (χ1n) is 4.48. The first-order chi connectivity index (χ1) is 5.00. The summed E-state index contributed by atoms with van der Waals surface area (Å²) in [5, 5.41) is 9.36. The Morgan fingerprint density at radius 2 is 1.91 bits per heavy atom. The predicted octanol–water partition coefficient (Wildman–Crippen LogP) is 2.79. The van der Waals surface area contributed by atoms with Gasteiger partial charge in [0.15, 0.2) is 0 Å². The Hall–Kier alpha value is -0.0400. The monoisotopic (exact) mass is 157 g/mol.